The number of fused-ring (bicyclic) bond motifs is 1. The molecular formula is C24H21ClN4O. The van der Waals surface area contributed by atoms with Crippen molar-refractivity contribution in [2.24, 2.45) is 0 Å². The van der Waals surface area contributed by atoms with Gasteiger partial charge < -0.3 is 10.3 Å². The van der Waals surface area contributed by atoms with Gasteiger partial charge in [0, 0.05) is 16.8 Å². The molecule has 5 nitrogen and oxygen atoms in total. The summed E-state index contributed by atoms with van der Waals surface area (Å²) in [7, 11) is 0. The molecule has 1 aliphatic carbocycles. The molecular weight excluding hydrogens is 396 g/mol. The number of H-pyrrole nitrogens is 1. The maximum Gasteiger partial charge on any atom is 0.256 e. The third-order valence-corrected chi connectivity index (χ3v) is 6.18. The van der Waals surface area contributed by atoms with Crippen molar-refractivity contribution in [2.45, 2.75) is 31.6 Å². The lowest BCUT2D eigenvalue weighted by atomic mass is 9.64. The van der Waals surface area contributed by atoms with E-state index in [0.717, 1.165) is 41.7 Å². The number of aromatic amines is 1. The number of halogens is 1. The molecule has 150 valence electrons. The Bertz CT molecular complexity index is 1240. The van der Waals surface area contributed by atoms with Crippen molar-refractivity contribution in [1.82, 2.24) is 15.0 Å². The van der Waals surface area contributed by atoms with E-state index in [1.807, 2.05) is 18.3 Å². The maximum absolute atomic E-state index is 12.4. The van der Waals surface area contributed by atoms with Gasteiger partial charge >= 0.3 is 0 Å². The first-order valence-electron chi connectivity index (χ1n) is 10.0. The number of carbonyl (C=O) groups excluding carboxylic acids is 1. The minimum Gasteiger partial charge on any atom is -0.341 e. The van der Waals surface area contributed by atoms with Crippen LogP contribution in [0.4, 0.5) is 5.82 Å². The lowest BCUT2D eigenvalue weighted by molar-refractivity contribution is 0.102. The molecule has 0 spiro atoms. The summed E-state index contributed by atoms with van der Waals surface area (Å²) in [6.07, 6.45) is 5.07. The number of aryl methyl sites for hydroxylation is 1. The number of hydrogen-bond acceptors (Lipinski definition) is 3. The zero-order valence-corrected chi connectivity index (χ0v) is 17.3. The highest BCUT2D eigenvalue weighted by Crippen LogP contribution is 2.48. The zero-order chi connectivity index (χ0) is 20.7. The van der Waals surface area contributed by atoms with Crippen LogP contribution in [-0.2, 0) is 5.41 Å². The summed E-state index contributed by atoms with van der Waals surface area (Å²) in [5.41, 5.74) is 4.73. The molecule has 2 N–H and O–H groups in total. The quantitative estimate of drug-likeness (QED) is 0.452. The monoisotopic (exact) mass is 416 g/mol. The van der Waals surface area contributed by atoms with Crippen LogP contribution in [0.25, 0.3) is 11.0 Å². The smallest absolute Gasteiger partial charge is 0.256 e. The number of amides is 1. The van der Waals surface area contributed by atoms with Crippen molar-refractivity contribution in [3.05, 3.63) is 88.3 Å². The Balaban J connectivity index is 1.41. The van der Waals surface area contributed by atoms with Gasteiger partial charge in [0.1, 0.15) is 11.6 Å². The number of aromatic nitrogens is 3. The summed E-state index contributed by atoms with van der Waals surface area (Å²) in [5.74, 6) is 1.27. The normalized spacial score (nSPS) is 15.0. The van der Waals surface area contributed by atoms with Gasteiger partial charge in [0.15, 0.2) is 0 Å². The van der Waals surface area contributed by atoms with Crippen molar-refractivity contribution in [3.63, 3.8) is 0 Å². The average molecular weight is 417 g/mol. The molecule has 0 atom stereocenters. The second-order valence-corrected chi connectivity index (χ2v) is 8.37. The third-order valence-electron chi connectivity index (χ3n) is 5.94. The maximum atomic E-state index is 12.4. The van der Waals surface area contributed by atoms with E-state index >= 15 is 0 Å². The fourth-order valence-electron chi connectivity index (χ4n) is 4.11. The Morgan fingerprint density at radius 2 is 2.00 bits per heavy atom. The summed E-state index contributed by atoms with van der Waals surface area (Å²) in [6.45, 7) is 2.08. The molecule has 0 unspecified atom stereocenters. The predicted molar refractivity (Wildman–Crippen MR) is 119 cm³/mol. The number of nitrogens with one attached hydrogen (secondary N) is 2. The second kappa shape index (κ2) is 7.26. The number of benzene rings is 2. The average Bonchev–Trinajstić information content (AvgIpc) is 3.11. The lowest BCUT2D eigenvalue weighted by Gasteiger charge is -2.40. The van der Waals surface area contributed by atoms with Crippen molar-refractivity contribution < 1.29 is 4.79 Å². The molecule has 1 saturated carbocycles. The van der Waals surface area contributed by atoms with E-state index in [1.165, 1.54) is 5.56 Å². The summed E-state index contributed by atoms with van der Waals surface area (Å²) in [5, 5.41) is 3.36. The molecule has 2 aromatic heterocycles. The third kappa shape index (κ3) is 3.25. The molecule has 1 amide bonds. The molecule has 2 heterocycles. The van der Waals surface area contributed by atoms with Gasteiger partial charge in [0.25, 0.3) is 5.91 Å². The van der Waals surface area contributed by atoms with Gasteiger partial charge in [-0.25, -0.2) is 9.97 Å². The summed E-state index contributed by atoms with van der Waals surface area (Å²) in [6, 6.07) is 17.0. The van der Waals surface area contributed by atoms with Crippen LogP contribution in [0.2, 0.25) is 5.02 Å². The highest BCUT2D eigenvalue weighted by molar-refractivity contribution is 6.31. The fourth-order valence-corrected chi connectivity index (χ4v) is 4.30. The summed E-state index contributed by atoms with van der Waals surface area (Å²) >= 11 is 5.98. The first-order chi connectivity index (χ1) is 14.5. The van der Waals surface area contributed by atoms with Gasteiger partial charge in [-0.05, 0) is 67.3 Å². The van der Waals surface area contributed by atoms with Crippen molar-refractivity contribution >= 4 is 34.4 Å². The minimum atomic E-state index is -0.233. The van der Waals surface area contributed by atoms with E-state index in [-0.39, 0.29) is 11.3 Å². The zero-order valence-electron chi connectivity index (χ0n) is 16.6. The van der Waals surface area contributed by atoms with E-state index in [2.05, 4.69) is 40.4 Å². The Kier molecular flexibility index (Phi) is 4.55. The standard InChI is InChI=1S/C24H21ClN4O/c1-15-6-8-19-20(12-15)28-23(27-19)24(10-3-11-24)17-7-9-21(26-14-17)29-22(30)16-4-2-5-18(25)13-16/h2,4-9,12-14H,3,10-11H2,1H3,(H,27,28)(H,26,29,30). The molecule has 4 aromatic rings. The Morgan fingerprint density at radius 1 is 1.13 bits per heavy atom. The number of hydrogen-bond donors (Lipinski definition) is 2. The Morgan fingerprint density at radius 3 is 2.70 bits per heavy atom. The fraction of sp³-hybridized carbons (Fsp3) is 0.208. The summed E-state index contributed by atoms with van der Waals surface area (Å²) < 4.78 is 0. The SMILES string of the molecule is Cc1ccc2nc(C3(c4ccc(NC(=O)c5cccc(Cl)c5)nc4)CCC3)[nH]c2c1. The molecule has 0 aliphatic heterocycles. The largest absolute Gasteiger partial charge is 0.341 e. The van der Waals surface area contributed by atoms with E-state index in [1.54, 1.807) is 24.3 Å². The van der Waals surface area contributed by atoms with Gasteiger partial charge in [-0.2, -0.15) is 0 Å². The molecule has 1 aliphatic rings. The van der Waals surface area contributed by atoms with E-state index in [9.17, 15) is 4.79 Å². The number of rotatable bonds is 4. The molecule has 1 fully saturated rings. The van der Waals surface area contributed by atoms with Gasteiger partial charge in [0.05, 0.1) is 16.4 Å². The Hall–Kier alpha value is -3.18. The van der Waals surface area contributed by atoms with Crippen LogP contribution in [-0.4, -0.2) is 20.9 Å². The van der Waals surface area contributed by atoms with Gasteiger partial charge in [-0.3, -0.25) is 4.79 Å². The lowest BCUT2D eigenvalue weighted by Crippen LogP contribution is -2.36. The predicted octanol–water partition coefficient (Wildman–Crippen LogP) is 5.64. The van der Waals surface area contributed by atoms with Crippen molar-refractivity contribution in [3.8, 4) is 0 Å². The highest BCUT2D eigenvalue weighted by Gasteiger charge is 2.43. The van der Waals surface area contributed by atoms with Crippen LogP contribution in [0.1, 0.15) is 46.6 Å². The van der Waals surface area contributed by atoms with E-state index in [4.69, 9.17) is 16.6 Å². The summed E-state index contributed by atoms with van der Waals surface area (Å²) in [4.78, 5) is 25.3. The number of carbonyl (C=O) groups is 1. The number of nitrogens with zero attached hydrogens (tertiary/aromatic N) is 2. The Labute approximate surface area is 179 Å². The van der Waals surface area contributed by atoms with Gasteiger partial charge in [0.2, 0.25) is 0 Å². The van der Waals surface area contributed by atoms with Crippen LogP contribution < -0.4 is 5.32 Å². The molecule has 0 bridgehead atoms. The van der Waals surface area contributed by atoms with Crippen LogP contribution in [0.3, 0.4) is 0 Å². The molecule has 30 heavy (non-hydrogen) atoms. The number of pyridine rings is 1. The molecule has 0 radical (unpaired) electrons. The van der Waals surface area contributed by atoms with Crippen LogP contribution in [0.15, 0.2) is 60.8 Å². The molecule has 6 heteroatoms. The van der Waals surface area contributed by atoms with Gasteiger partial charge in [-0.15, -0.1) is 0 Å². The van der Waals surface area contributed by atoms with Crippen LogP contribution in [0.5, 0.6) is 0 Å². The van der Waals surface area contributed by atoms with Crippen molar-refractivity contribution in [2.75, 3.05) is 5.32 Å². The van der Waals surface area contributed by atoms with E-state index < -0.39 is 0 Å². The molecule has 0 saturated heterocycles. The topological polar surface area (TPSA) is 70.7 Å². The molecule has 2 aromatic carbocycles. The second-order valence-electron chi connectivity index (χ2n) is 7.94. The minimum absolute atomic E-state index is 0.143. The van der Waals surface area contributed by atoms with Crippen LogP contribution >= 0.6 is 11.6 Å². The van der Waals surface area contributed by atoms with Crippen molar-refractivity contribution in [1.29, 1.82) is 0 Å². The molecule has 5 rings (SSSR count). The first kappa shape index (κ1) is 18.8. The van der Waals surface area contributed by atoms with E-state index in [0.29, 0.717) is 16.4 Å². The number of anilines is 1. The van der Waals surface area contributed by atoms with Crippen LogP contribution in [0, 0.1) is 6.92 Å². The van der Waals surface area contributed by atoms with Gasteiger partial charge in [-0.1, -0.05) is 36.2 Å². The number of imidazole rings is 1. The first-order valence-corrected chi connectivity index (χ1v) is 10.4. The highest BCUT2D eigenvalue weighted by atomic mass is 35.5.